The SMILES string of the molecule is CNCc1cc(C)cc(Cl)c1O. The Bertz CT molecular complexity index is 286. The standard InChI is InChI=1S/C9H12ClNO/c1-6-3-7(5-11-2)9(12)8(10)4-6/h3-4,11-12H,5H2,1-2H3. The second kappa shape index (κ2) is 3.78. The Balaban J connectivity index is 3.09. The third kappa shape index (κ3) is 1.90. The van der Waals surface area contributed by atoms with Gasteiger partial charge in [0.15, 0.2) is 0 Å². The number of nitrogens with one attached hydrogen (secondary N) is 1. The highest BCUT2D eigenvalue weighted by molar-refractivity contribution is 6.32. The molecule has 12 heavy (non-hydrogen) atoms. The fraction of sp³-hybridized carbons (Fsp3) is 0.333. The summed E-state index contributed by atoms with van der Waals surface area (Å²) in [7, 11) is 1.83. The van der Waals surface area contributed by atoms with E-state index in [0.29, 0.717) is 11.6 Å². The summed E-state index contributed by atoms with van der Waals surface area (Å²) in [5.41, 5.74) is 1.89. The van der Waals surface area contributed by atoms with Gasteiger partial charge in [0.05, 0.1) is 5.02 Å². The van der Waals surface area contributed by atoms with E-state index < -0.39 is 0 Å². The molecule has 0 amide bonds. The van der Waals surface area contributed by atoms with E-state index in [1.54, 1.807) is 6.07 Å². The predicted molar refractivity (Wildman–Crippen MR) is 50.6 cm³/mol. The van der Waals surface area contributed by atoms with E-state index in [0.717, 1.165) is 11.1 Å². The molecule has 0 bridgehead atoms. The van der Waals surface area contributed by atoms with Crippen molar-refractivity contribution in [2.75, 3.05) is 7.05 Å². The van der Waals surface area contributed by atoms with Crippen molar-refractivity contribution in [2.45, 2.75) is 13.5 Å². The largest absolute Gasteiger partial charge is 0.506 e. The molecule has 0 saturated heterocycles. The molecule has 2 N–H and O–H groups in total. The highest BCUT2D eigenvalue weighted by Crippen LogP contribution is 2.28. The molecule has 66 valence electrons. The molecule has 1 aromatic rings. The lowest BCUT2D eigenvalue weighted by molar-refractivity contribution is 0.466. The van der Waals surface area contributed by atoms with Crippen LogP contribution in [-0.2, 0) is 6.54 Å². The zero-order chi connectivity index (χ0) is 9.14. The predicted octanol–water partition coefficient (Wildman–Crippen LogP) is 2.07. The quantitative estimate of drug-likeness (QED) is 0.740. The van der Waals surface area contributed by atoms with Crippen molar-refractivity contribution >= 4 is 11.6 Å². The van der Waals surface area contributed by atoms with Gasteiger partial charge in [-0.25, -0.2) is 0 Å². The smallest absolute Gasteiger partial charge is 0.138 e. The van der Waals surface area contributed by atoms with Crippen LogP contribution in [0.2, 0.25) is 5.02 Å². The first kappa shape index (κ1) is 9.36. The first-order valence-electron chi connectivity index (χ1n) is 3.77. The summed E-state index contributed by atoms with van der Waals surface area (Å²) in [5.74, 6) is 0.177. The van der Waals surface area contributed by atoms with Crippen molar-refractivity contribution in [3.8, 4) is 5.75 Å². The monoisotopic (exact) mass is 185 g/mol. The number of phenols is 1. The number of aromatic hydroxyl groups is 1. The maximum absolute atomic E-state index is 9.48. The molecular formula is C9H12ClNO. The first-order valence-corrected chi connectivity index (χ1v) is 4.15. The number of benzene rings is 1. The normalized spacial score (nSPS) is 10.2. The average molecular weight is 186 g/mol. The van der Waals surface area contributed by atoms with Crippen LogP contribution >= 0.6 is 11.6 Å². The molecule has 0 radical (unpaired) electrons. The van der Waals surface area contributed by atoms with Crippen LogP contribution in [0.15, 0.2) is 12.1 Å². The topological polar surface area (TPSA) is 32.3 Å². The molecule has 0 aliphatic carbocycles. The molecule has 0 saturated carbocycles. The highest BCUT2D eigenvalue weighted by Gasteiger charge is 2.05. The summed E-state index contributed by atoms with van der Waals surface area (Å²) < 4.78 is 0. The summed E-state index contributed by atoms with van der Waals surface area (Å²) in [6.45, 7) is 2.58. The minimum absolute atomic E-state index is 0.177. The summed E-state index contributed by atoms with van der Waals surface area (Å²) >= 11 is 5.78. The van der Waals surface area contributed by atoms with E-state index in [4.69, 9.17) is 11.6 Å². The molecule has 0 spiro atoms. The summed E-state index contributed by atoms with van der Waals surface area (Å²) in [6, 6.07) is 3.66. The van der Waals surface area contributed by atoms with Gasteiger partial charge in [-0.3, -0.25) is 0 Å². The molecule has 1 aromatic carbocycles. The van der Waals surface area contributed by atoms with Crippen molar-refractivity contribution in [1.82, 2.24) is 5.32 Å². The van der Waals surface area contributed by atoms with Crippen LogP contribution in [-0.4, -0.2) is 12.2 Å². The van der Waals surface area contributed by atoms with Crippen molar-refractivity contribution in [3.63, 3.8) is 0 Å². The Hall–Kier alpha value is -0.730. The summed E-state index contributed by atoms with van der Waals surface area (Å²) in [5, 5.41) is 12.9. The molecule has 0 aromatic heterocycles. The van der Waals surface area contributed by atoms with Gasteiger partial charge in [-0.15, -0.1) is 0 Å². The maximum atomic E-state index is 9.48. The van der Waals surface area contributed by atoms with Crippen molar-refractivity contribution < 1.29 is 5.11 Å². The third-order valence-corrected chi connectivity index (χ3v) is 1.94. The zero-order valence-corrected chi connectivity index (χ0v) is 7.94. The lowest BCUT2D eigenvalue weighted by Crippen LogP contribution is -2.05. The van der Waals surface area contributed by atoms with Crippen LogP contribution in [0.25, 0.3) is 0 Å². The molecular weight excluding hydrogens is 174 g/mol. The lowest BCUT2D eigenvalue weighted by Gasteiger charge is -2.06. The Morgan fingerprint density at radius 3 is 2.75 bits per heavy atom. The van der Waals surface area contributed by atoms with Crippen LogP contribution in [0.5, 0.6) is 5.75 Å². The van der Waals surface area contributed by atoms with Crippen LogP contribution in [0, 0.1) is 6.92 Å². The van der Waals surface area contributed by atoms with Gasteiger partial charge < -0.3 is 10.4 Å². The molecule has 0 heterocycles. The third-order valence-electron chi connectivity index (χ3n) is 1.65. The second-order valence-corrected chi connectivity index (χ2v) is 3.19. The minimum Gasteiger partial charge on any atom is -0.506 e. The second-order valence-electron chi connectivity index (χ2n) is 2.78. The van der Waals surface area contributed by atoms with Gasteiger partial charge in [-0.1, -0.05) is 17.7 Å². The van der Waals surface area contributed by atoms with Crippen LogP contribution in [0.1, 0.15) is 11.1 Å². The number of hydrogen-bond donors (Lipinski definition) is 2. The first-order chi connectivity index (χ1) is 5.65. The van der Waals surface area contributed by atoms with E-state index in [-0.39, 0.29) is 5.75 Å². The van der Waals surface area contributed by atoms with E-state index in [2.05, 4.69) is 5.32 Å². The zero-order valence-electron chi connectivity index (χ0n) is 7.19. The minimum atomic E-state index is 0.177. The maximum Gasteiger partial charge on any atom is 0.138 e. The van der Waals surface area contributed by atoms with Gasteiger partial charge in [0.1, 0.15) is 5.75 Å². The van der Waals surface area contributed by atoms with Crippen LogP contribution < -0.4 is 5.32 Å². The van der Waals surface area contributed by atoms with Crippen molar-refractivity contribution in [3.05, 3.63) is 28.3 Å². The van der Waals surface area contributed by atoms with E-state index >= 15 is 0 Å². The molecule has 0 aliphatic heterocycles. The summed E-state index contributed by atoms with van der Waals surface area (Å²) in [4.78, 5) is 0. The lowest BCUT2D eigenvalue weighted by atomic mass is 10.1. The van der Waals surface area contributed by atoms with Gasteiger partial charge in [-0.2, -0.15) is 0 Å². The molecule has 0 fully saturated rings. The highest BCUT2D eigenvalue weighted by atomic mass is 35.5. The van der Waals surface area contributed by atoms with E-state index in [1.807, 2.05) is 20.0 Å². The molecule has 3 heteroatoms. The van der Waals surface area contributed by atoms with Crippen molar-refractivity contribution in [1.29, 1.82) is 0 Å². The Labute approximate surface area is 77.2 Å². The Kier molecular flexibility index (Phi) is 2.95. The molecule has 0 unspecified atom stereocenters. The molecule has 2 nitrogen and oxygen atoms in total. The van der Waals surface area contributed by atoms with Crippen LogP contribution in [0.3, 0.4) is 0 Å². The van der Waals surface area contributed by atoms with E-state index in [1.165, 1.54) is 0 Å². The van der Waals surface area contributed by atoms with Crippen molar-refractivity contribution in [2.24, 2.45) is 0 Å². The van der Waals surface area contributed by atoms with Gasteiger partial charge >= 0.3 is 0 Å². The average Bonchev–Trinajstić information content (AvgIpc) is 2.00. The Morgan fingerprint density at radius 2 is 2.17 bits per heavy atom. The van der Waals surface area contributed by atoms with Gasteiger partial charge in [0.25, 0.3) is 0 Å². The van der Waals surface area contributed by atoms with Gasteiger partial charge in [0.2, 0.25) is 0 Å². The molecule has 0 aliphatic rings. The fourth-order valence-electron chi connectivity index (χ4n) is 1.13. The fourth-order valence-corrected chi connectivity index (χ4v) is 1.43. The number of halogens is 1. The van der Waals surface area contributed by atoms with E-state index in [9.17, 15) is 5.11 Å². The molecule has 1 rings (SSSR count). The molecule has 0 atom stereocenters. The number of rotatable bonds is 2. The Morgan fingerprint density at radius 1 is 1.50 bits per heavy atom. The number of phenolic OH excluding ortho intramolecular Hbond substituents is 1. The number of hydrogen-bond acceptors (Lipinski definition) is 2. The number of aryl methyl sites for hydroxylation is 1. The van der Waals surface area contributed by atoms with Gasteiger partial charge in [-0.05, 0) is 25.6 Å². The van der Waals surface area contributed by atoms with Gasteiger partial charge in [0, 0.05) is 12.1 Å². The van der Waals surface area contributed by atoms with Crippen LogP contribution in [0.4, 0.5) is 0 Å². The summed E-state index contributed by atoms with van der Waals surface area (Å²) in [6.07, 6.45) is 0.